The fourth-order valence-corrected chi connectivity index (χ4v) is 1.23. The van der Waals surface area contributed by atoms with Gasteiger partial charge in [0.05, 0.1) is 19.3 Å². The smallest absolute Gasteiger partial charge is 0.325 e. The summed E-state index contributed by atoms with van der Waals surface area (Å²) in [7, 11) is 0. The van der Waals surface area contributed by atoms with Gasteiger partial charge in [-0.15, -0.1) is 12.4 Å². The van der Waals surface area contributed by atoms with Crippen LogP contribution in [0.5, 0.6) is 0 Å². The van der Waals surface area contributed by atoms with E-state index in [0.29, 0.717) is 19.8 Å². The van der Waals surface area contributed by atoms with Gasteiger partial charge in [-0.3, -0.25) is 10.1 Å². The lowest BCUT2D eigenvalue weighted by Gasteiger charge is -2.28. The van der Waals surface area contributed by atoms with Crippen molar-refractivity contribution in [2.75, 3.05) is 19.8 Å². The summed E-state index contributed by atoms with van der Waals surface area (Å²) in [6, 6.07) is -0.293. The van der Waals surface area contributed by atoms with Crippen LogP contribution in [0.2, 0.25) is 0 Å². The maximum atomic E-state index is 11.2. The van der Waals surface area contributed by atoms with E-state index in [2.05, 4.69) is 5.32 Å². The van der Waals surface area contributed by atoms with Gasteiger partial charge >= 0.3 is 5.97 Å². The van der Waals surface area contributed by atoms with Crippen LogP contribution in [0.25, 0.3) is 0 Å². The van der Waals surface area contributed by atoms with E-state index in [4.69, 9.17) is 9.47 Å². The van der Waals surface area contributed by atoms with Gasteiger partial charge in [0, 0.05) is 6.54 Å². The zero-order valence-electron chi connectivity index (χ0n) is 7.91. The normalized spacial score (nSPS) is 27.5. The van der Waals surface area contributed by atoms with E-state index >= 15 is 0 Å². The molecular formula is C8H16ClNO3. The van der Waals surface area contributed by atoms with Gasteiger partial charge in [0.2, 0.25) is 0 Å². The molecule has 1 fully saturated rings. The number of hydrogen-bond acceptors (Lipinski definition) is 4. The third-order valence-corrected chi connectivity index (χ3v) is 1.86. The van der Waals surface area contributed by atoms with Crippen molar-refractivity contribution >= 4 is 18.4 Å². The Balaban J connectivity index is 0.00000144. The van der Waals surface area contributed by atoms with Gasteiger partial charge in [-0.2, -0.15) is 0 Å². The summed E-state index contributed by atoms with van der Waals surface area (Å²) in [5, 5.41) is 3.05. The number of rotatable bonds is 2. The molecule has 0 saturated carbocycles. The van der Waals surface area contributed by atoms with Crippen LogP contribution in [-0.2, 0) is 14.3 Å². The van der Waals surface area contributed by atoms with Crippen molar-refractivity contribution in [3.8, 4) is 0 Å². The highest BCUT2D eigenvalue weighted by Crippen LogP contribution is 2.05. The molecule has 1 heterocycles. The lowest BCUT2D eigenvalue weighted by molar-refractivity contribution is -0.151. The molecule has 1 N–H and O–H groups in total. The molecule has 0 amide bonds. The quantitative estimate of drug-likeness (QED) is 0.667. The van der Waals surface area contributed by atoms with E-state index in [9.17, 15) is 4.79 Å². The Morgan fingerprint density at radius 3 is 2.92 bits per heavy atom. The molecule has 5 heteroatoms. The van der Waals surface area contributed by atoms with Crippen molar-refractivity contribution in [1.82, 2.24) is 5.32 Å². The molecule has 1 saturated heterocycles. The molecule has 0 aromatic rings. The van der Waals surface area contributed by atoms with E-state index in [1.165, 1.54) is 0 Å². The van der Waals surface area contributed by atoms with Crippen molar-refractivity contribution in [3.63, 3.8) is 0 Å². The van der Waals surface area contributed by atoms with Crippen LogP contribution in [0.1, 0.15) is 13.8 Å². The molecule has 78 valence electrons. The summed E-state index contributed by atoms with van der Waals surface area (Å²) in [6.45, 7) is 5.47. The maximum Gasteiger partial charge on any atom is 0.325 e. The van der Waals surface area contributed by atoms with Crippen LogP contribution in [0, 0.1) is 0 Å². The minimum Gasteiger partial charge on any atom is -0.465 e. The van der Waals surface area contributed by atoms with Crippen LogP contribution in [0.4, 0.5) is 0 Å². The molecule has 1 aliphatic rings. The standard InChI is InChI=1S/C8H15NO3.ClH/c1-3-11-8(10)7-6(2)12-5-4-9-7;/h6-7,9H,3-5H2,1-2H3;1H/t6-,7+;/m1./s1. The number of morpholine rings is 1. The van der Waals surface area contributed by atoms with Gasteiger partial charge < -0.3 is 9.47 Å². The highest BCUT2D eigenvalue weighted by atomic mass is 35.5. The summed E-state index contributed by atoms with van der Waals surface area (Å²) in [5.74, 6) is -0.218. The Kier molecular flexibility index (Phi) is 6.03. The Hall–Kier alpha value is -0.320. The fourth-order valence-electron chi connectivity index (χ4n) is 1.23. The van der Waals surface area contributed by atoms with Crippen molar-refractivity contribution < 1.29 is 14.3 Å². The summed E-state index contributed by atoms with van der Waals surface area (Å²) in [4.78, 5) is 11.2. The largest absolute Gasteiger partial charge is 0.465 e. The Bertz CT molecular complexity index is 165. The molecule has 1 rings (SSSR count). The third-order valence-electron chi connectivity index (χ3n) is 1.86. The lowest BCUT2D eigenvalue weighted by atomic mass is 10.1. The second-order valence-electron chi connectivity index (χ2n) is 2.76. The number of carbonyl (C=O) groups is 1. The molecule has 0 unspecified atom stereocenters. The second-order valence-corrected chi connectivity index (χ2v) is 2.76. The van der Waals surface area contributed by atoms with Crippen LogP contribution in [0.3, 0.4) is 0 Å². The number of hydrogen-bond donors (Lipinski definition) is 1. The highest BCUT2D eigenvalue weighted by molar-refractivity contribution is 5.85. The minimum atomic E-state index is -0.293. The molecule has 13 heavy (non-hydrogen) atoms. The first kappa shape index (κ1) is 12.7. The predicted octanol–water partition coefficient (Wildman–Crippen LogP) is 0.348. The molecule has 2 atom stereocenters. The number of nitrogens with one attached hydrogen (secondary N) is 1. The van der Waals surface area contributed by atoms with E-state index < -0.39 is 0 Å². The molecule has 4 nitrogen and oxygen atoms in total. The first-order chi connectivity index (χ1) is 5.75. The SMILES string of the molecule is CCOC(=O)[C@H]1NCCO[C@@H]1C.Cl. The molecule has 0 aromatic carbocycles. The van der Waals surface area contributed by atoms with E-state index in [-0.39, 0.29) is 30.5 Å². The average molecular weight is 210 g/mol. The van der Waals surface area contributed by atoms with Crippen molar-refractivity contribution in [2.45, 2.75) is 26.0 Å². The summed E-state index contributed by atoms with van der Waals surface area (Å²) >= 11 is 0. The Morgan fingerprint density at radius 2 is 2.38 bits per heavy atom. The number of carbonyl (C=O) groups excluding carboxylic acids is 1. The van der Waals surface area contributed by atoms with Crippen molar-refractivity contribution in [3.05, 3.63) is 0 Å². The first-order valence-electron chi connectivity index (χ1n) is 4.27. The van der Waals surface area contributed by atoms with Crippen LogP contribution in [-0.4, -0.2) is 37.9 Å². The monoisotopic (exact) mass is 209 g/mol. The Labute approximate surface area is 84.4 Å². The molecule has 0 aliphatic carbocycles. The lowest BCUT2D eigenvalue weighted by Crippen LogP contribution is -2.52. The molecule has 0 bridgehead atoms. The molecule has 0 aromatic heterocycles. The number of esters is 1. The van der Waals surface area contributed by atoms with Gasteiger partial charge in [-0.25, -0.2) is 0 Å². The molecule has 0 spiro atoms. The van der Waals surface area contributed by atoms with Gasteiger partial charge in [-0.1, -0.05) is 0 Å². The van der Waals surface area contributed by atoms with Gasteiger partial charge in [0.15, 0.2) is 0 Å². The van der Waals surface area contributed by atoms with Gasteiger partial charge in [-0.05, 0) is 13.8 Å². The van der Waals surface area contributed by atoms with E-state index in [1.807, 2.05) is 6.92 Å². The van der Waals surface area contributed by atoms with Crippen molar-refractivity contribution in [1.29, 1.82) is 0 Å². The number of halogens is 1. The fraction of sp³-hybridized carbons (Fsp3) is 0.875. The average Bonchev–Trinajstić information content (AvgIpc) is 2.05. The highest BCUT2D eigenvalue weighted by Gasteiger charge is 2.29. The second kappa shape index (κ2) is 6.18. The molecule has 0 radical (unpaired) electrons. The van der Waals surface area contributed by atoms with Crippen LogP contribution >= 0.6 is 12.4 Å². The topological polar surface area (TPSA) is 47.6 Å². The zero-order valence-corrected chi connectivity index (χ0v) is 8.73. The maximum absolute atomic E-state index is 11.2. The minimum absolute atomic E-state index is 0. The summed E-state index contributed by atoms with van der Waals surface area (Å²) in [6.07, 6.45) is -0.0854. The summed E-state index contributed by atoms with van der Waals surface area (Å²) < 4.78 is 10.2. The van der Waals surface area contributed by atoms with Gasteiger partial charge in [0.1, 0.15) is 6.04 Å². The van der Waals surface area contributed by atoms with Crippen molar-refractivity contribution in [2.24, 2.45) is 0 Å². The third kappa shape index (κ3) is 3.50. The van der Waals surface area contributed by atoms with E-state index in [0.717, 1.165) is 0 Å². The predicted molar refractivity (Wildman–Crippen MR) is 51.1 cm³/mol. The van der Waals surface area contributed by atoms with Crippen LogP contribution < -0.4 is 5.32 Å². The Morgan fingerprint density at radius 1 is 1.69 bits per heavy atom. The summed E-state index contributed by atoms with van der Waals surface area (Å²) in [5.41, 5.74) is 0. The number of ether oxygens (including phenoxy) is 2. The molecular weight excluding hydrogens is 194 g/mol. The molecule has 1 aliphatic heterocycles. The van der Waals surface area contributed by atoms with Crippen LogP contribution in [0.15, 0.2) is 0 Å². The zero-order chi connectivity index (χ0) is 8.97. The van der Waals surface area contributed by atoms with E-state index in [1.54, 1.807) is 6.92 Å². The van der Waals surface area contributed by atoms with Gasteiger partial charge in [0.25, 0.3) is 0 Å². The first-order valence-corrected chi connectivity index (χ1v) is 4.27.